The lowest BCUT2D eigenvalue weighted by Gasteiger charge is -2.09. The van der Waals surface area contributed by atoms with Crippen molar-refractivity contribution in [3.8, 4) is 11.6 Å². The fourth-order valence-electron chi connectivity index (χ4n) is 1.95. The standard InChI is InChI=1S/C18H21N3O4/c1-12(2)25-16-9-4-13(10-19-16)11-20-17(22)18(23)21-14-5-7-15(24-3)8-6-14/h4-10,12H,11H2,1-3H3,(H,20,22)(H,21,23). The molecule has 0 aliphatic carbocycles. The molecule has 2 rings (SSSR count). The van der Waals surface area contributed by atoms with Crippen LogP contribution in [0.3, 0.4) is 0 Å². The summed E-state index contributed by atoms with van der Waals surface area (Å²) in [6, 6.07) is 10.2. The Hall–Kier alpha value is -3.09. The van der Waals surface area contributed by atoms with Gasteiger partial charge < -0.3 is 20.1 Å². The van der Waals surface area contributed by atoms with Crippen LogP contribution >= 0.6 is 0 Å². The minimum Gasteiger partial charge on any atom is -0.497 e. The molecule has 0 aliphatic rings. The SMILES string of the molecule is COc1ccc(NC(=O)C(=O)NCc2ccc(OC(C)C)nc2)cc1. The lowest BCUT2D eigenvalue weighted by atomic mass is 10.2. The van der Waals surface area contributed by atoms with Gasteiger partial charge in [-0.3, -0.25) is 9.59 Å². The summed E-state index contributed by atoms with van der Waals surface area (Å²) in [5.74, 6) is -0.279. The number of pyridine rings is 1. The largest absolute Gasteiger partial charge is 0.497 e. The highest BCUT2D eigenvalue weighted by atomic mass is 16.5. The van der Waals surface area contributed by atoms with Crippen LogP contribution in [0.15, 0.2) is 42.6 Å². The Morgan fingerprint density at radius 2 is 1.80 bits per heavy atom. The lowest BCUT2D eigenvalue weighted by Crippen LogP contribution is -2.34. The van der Waals surface area contributed by atoms with Gasteiger partial charge in [-0.25, -0.2) is 4.98 Å². The molecule has 0 radical (unpaired) electrons. The smallest absolute Gasteiger partial charge is 0.313 e. The summed E-state index contributed by atoms with van der Waals surface area (Å²) in [5, 5.41) is 5.06. The van der Waals surface area contributed by atoms with E-state index in [0.29, 0.717) is 17.3 Å². The second kappa shape index (κ2) is 8.68. The number of amides is 2. The molecule has 0 unspecified atom stereocenters. The van der Waals surface area contributed by atoms with Crippen LogP contribution in [0.5, 0.6) is 11.6 Å². The van der Waals surface area contributed by atoms with Crippen molar-refractivity contribution in [3.63, 3.8) is 0 Å². The first-order valence-corrected chi connectivity index (χ1v) is 7.82. The van der Waals surface area contributed by atoms with Crippen molar-refractivity contribution >= 4 is 17.5 Å². The molecule has 0 saturated heterocycles. The van der Waals surface area contributed by atoms with Crippen LogP contribution in [0.4, 0.5) is 5.69 Å². The predicted octanol–water partition coefficient (Wildman–Crippen LogP) is 2.13. The van der Waals surface area contributed by atoms with Crippen LogP contribution in [-0.2, 0) is 16.1 Å². The van der Waals surface area contributed by atoms with Gasteiger partial charge in [0.05, 0.1) is 13.2 Å². The maximum atomic E-state index is 11.9. The highest BCUT2D eigenvalue weighted by Crippen LogP contribution is 2.14. The van der Waals surface area contributed by atoms with E-state index < -0.39 is 11.8 Å². The number of rotatable bonds is 6. The number of carbonyl (C=O) groups excluding carboxylic acids is 2. The molecular formula is C18H21N3O4. The third-order valence-corrected chi connectivity index (χ3v) is 3.16. The van der Waals surface area contributed by atoms with Gasteiger partial charge in [-0.05, 0) is 43.7 Å². The second-order valence-electron chi connectivity index (χ2n) is 5.54. The van der Waals surface area contributed by atoms with E-state index in [4.69, 9.17) is 9.47 Å². The van der Waals surface area contributed by atoms with Gasteiger partial charge in [0, 0.05) is 24.5 Å². The first-order chi connectivity index (χ1) is 12.0. The molecule has 2 N–H and O–H groups in total. The monoisotopic (exact) mass is 343 g/mol. The number of carbonyl (C=O) groups is 2. The molecule has 0 bridgehead atoms. The number of methoxy groups -OCH3 is 1. The number of nitrogens with one attached hydrogen (secondary N) is 2. The molecule has 0 spiro atoms. The van der Waals surface area contributed by atoms with Crippen molar-refractivity contribution < 1.29 is 19.1 Å². The Kier molecular flexibility index (Phi) is 6.33. The Balaban J connectivity index is 1.83. The molecule has 7 heteroatoms. The van der Waals surface area contributed by atoms with Gasteiger partial charge in [-0.2, -0.15) is 0 Å². The van der Waals surface area contributed by atoms with E-state index in [1.165, 1.54) is 0 Å². The van der Waals surface area contributed by atoms with Gasteiger partial charge in [-0.15, -0.1) is 0 Å². The van der Waals surface area contributed by atoms with Crippen LogP contribution in [0.1, 0.15) is 19.4 Å². The third kappa shape index (κ3) is 5.80. The average Bonchev–Trinajstić information content (AvgIpc) is 2.61. The summed E-state index contributed by atoms with van der Waals surface area (Å²) in [6.07, 6.45) is 1.64. The number of hydrogen-bond acceptors (Lipinski definition) is 5. The zero-order valence-corrected chi connectivity index (χ0v) is 14.4. The molecule has 7 nitrogen and oxygen atoms in total. The molecule has 0 atom stereocenters. The number of hydrogen-bond donors (Lipinski definition) is 2. The summed E-state index contributed by atoms with van der Waals surface area (Å²) in [7, 11) is 1.55. The summed E-state index contributed by atoms with van der Waals surface area (Å²) in [5.41, 5.74) is 1.28. The fraction of sp³-hybridized carbons (Fsp3) is 0.278. The molecule has 2 aromatic rings. The van der Waals surface area contributed by atoms with Gasteiger partial charge in [0.25, 0.3) is 0 Å². The van der Waals surface area contributed by atoms with Gasteiger partial charge in [0.1, 0.15) is 5.75 Å². The lowest BCUT2D eigenvalue weighted by molar-refractivity contribution is -0.136. The molecular weight excluding hydrogens is 322 g/mol. The molecule has 1 aromatic carbocycles. The Bertz CT molecular complexity index is 712. The van der Waals surface area contributed by atoms with Gasteiger partial charge >= 0.3 is 11.8 Å². The normalized spacial score (nSPS) is 10.2. The van der Waals surface area contributed by atoms with E-state index in [1.807, 2.05) is 13.8 Å². The Labute approximate surface area is 146 Å². The van der Waals surface area contributed by atoms with Crippen LogP contribution in [0.25, 0.3) is 0 Å². The maximum Gasteiger partial charge on any atom is 0.313 e. The van der Waals surface area contributed by atoms with E-state index >= 15 is 0 Å². The number of anilines is 1. The van der Waals surface area contributed by atoms with Crippen molar-refractivity contribution in [2.75, 3.05) is 12.4 Å². The molecule has 132 valence electrons. The van der Waals surface area contributed by atoms with Crippen LogP contribution in [0.2, 0.25) is 0 Å². The van der Waals surface area contributed by atoms with Crippen molar-refractivity contribution in [1.82, 2.24) is 10.3 Å². The van der Waals surface area contributed by atoms with E-state index in [9.17, 15) is 9.59 Å². The zero-order valence-electron chi connectivity index (χ0n) is 14.4. The molecule has 25 heavy (non-hydrogen) atoms. The summed E-state index contributed by atoms with van der Waals surface area (Å²) in [6.45, 7) is 4.03. The van der Waals surface area contributed by atoms with Crippen molar-refractivity contribution in [1.29, 1.82) is 0 Å². The number of aromatic nitrogens is 1. The first-order valence-electron chi connectivity index (χ1n) is 7.82. The molecule has 0 fully saturated rings. The predicted molar refractivity (Wildman–Crippen MR) is 93.5 cm³/mol. The van der Waals surface area contributed by atoms with Gasteiger partial charge in [-0.1, -0.05) is 6.07 Å². The van der Waals surface area contributed by atoms with Crippen molar-refractivity contribution in [3.05, 3.63) is 48.2 Å². The van der Waals surface area contributed by atoms with Crippen molar-refractivity contribution in [2.45, 2.75) is 26.5 Å². The van der Waals surface area contributed by atoms with E-state index in [2.05, 4.69) is 15.6 Å². The number of benzene rings is 1. The molecule has 1 aromatic heterocycles. The molecule has 0 saturated carbocycles. The van der Waals surface area contributed by atoms with Gasteiger partial charge in [0.15, 0.2) is 0 Å². The van der Waals surface area contributed by atoms with Crippen LogP contribution in [0, 0.1) is 0 Å². The summed E-state index contributed by atoms with van der Waals surface area (Å²) < 4.78 is 10.5. The Morgan fingerprint density at radius 1 is 1.08 bits per heavy atom. The average molecular weight is 343 g/mol. The minimum absolute atomic E-state index is 0.0414. The third-order valence-electron chi connectivity index (χ3n) is 3.16. The molecule has 2 amide bonds. The summed E-state index contributed by atoms with van der Waals surface area (Å²) in [4.78, 5) is 27.9. The second-order valence-corrected chi connectivity index (χ2v) is 5.54. The highest BCUT2D eigenvalue weighted by Gasteiger charge is 2.13. The van der Waals surface area contributed by atoms with E-state index in [0.717, 1.165) is 5.56 Å². The first kappa shape index (κ1) is 18.3. The topological polar surface area (TPSA) is 89.5 Å². The van der Waals surface area contributed by atoms with Crippen LogP contribution in [-0.4, -0.2) is 30.0 Å². The van der Waals surface area contributed by atoms with Gasteiger partial charge in [0.2, 0.25) is 5.88 Å². The van der Waals surface area contributed by atoms with E-state index in [-0.39, 0.29) is 12.6 Å². The highest BCUT2D eigenvalue weighted by molar-refractivity contribution is 6.39. The quantitative estimate of drug-likeness (QED) is 0.784. The van der Waals surface area contributed by atoms with E-state index in [1.54, 1.807) is 49.7 Å². The summed E-state index contributed by atoms with van der Waals surface area (Å²) >= 11 is 0. The molecule has 0 aliphatic heterocycles. The van der Waals surface area contributed by atoms with Crippen molar-refractivity contribution in [2.24, 2.45) is 0 Å². The Morgan fingerprint density at radius 3 is 2.36 bits per heavy atom. The minimum atomic E-state index is -0.738. The van der Waals surface area contributed by atoms with Crippen LogP contribution < -0.4 is 20.1 Å². The zero-order chi connectivity index (χ0) is 18.2. The maximum absolute atomic E-state index is 11.9. The molecule has 1 heterocycles. The fourth-order valence-corrected chi connectivity index (χ4v) is 1.95. The number of nitrogens with zero attached hydrogens (tertiary/aromatic N) is 1. The number of ether oxygens (including phenoxy) is 2.